The van der Waals surface area contributed by atoms with Gasteiger partial charge in [-0.2, -0.15) is 13.2 Å². The van der Waals surface area contributed by atoms with Gasteiger partial charge >= 0.3 is 6.18 Å². The Morgan fingerprint density at radius 2 is 1.60 bits per heavy atom. The van der Waals surface area contributed by atoms with Crippen LogP contribution in [0.5, 0.6) is 0 Å². The van der Waals surface area contributed by atoms with Gasteiger partial charge in [-0.3, -0.25) is 4.79 Å². The summed E-state index contributed by atoms with van der Waals surface area (Å²) in [5, 5.41) is 9.85. The number of halogens is 3. The Hall–Kier alpha value is -1.60. The van der Waals surface area contributed by atoms with Crippen LogP contribution < -0.4 is 0 Å². The highest BCUT2D eigenvalue weighted by Crippen LogP contribution is 2.39. The molecule has 3 fully saturated rings. The molecule has 2 aliphatic carbocycles. The number of carbonyl (C=O) groups excluding carboxylic acids is 1. The Morgan fingerprint density at radius 3 is 2.07 bits per heavy atom. The van der Waals surface area contributed by atoms with E-state index in [-0.39, 0.29) is 23.6 Å². The number of piperidine rings is 1. The first-order valence-electron chi connectivity index (χ1n) is 11.1. The number of hydrogen-bond acceptors (Lipinski definition) is 3. The third-order valence-electron chi connectivity index (χ3n) is 7.11. The van der Waals surface area contributed by atoms with Crippen molar-refractivity contribution in [1.82, 2.24) is 9.80 Å². The third kappa shape index (κ3) is 4.37. The lowest BCUT2D eigenvalue weighted by atomic mass is 9.84. The van der Waals surface area contributed by atoms with E-state index in [0.29, 0.717) is 5.56 Å². The van der Waals surface area contributed by atoms with E-state index >= 15 is 0 Å². The quantitative estimate of drug-likeness (QED) is 0.740. The summed E-state index contributed by atoms with van der Waals surface area (Å²) in [6, 6.07) is 5.71. The summed E-state index contributed by atoms with van der Waals surface area (Å²) in [4.78, 5) is 17.7. The average Bonchev–Trinajstić information content (AvgIpc) is 3.50. The van der Waals surface area contributed by atoms with Crippen molar-refractivity contribution in [2.24, 2.45) is 5.92 Å². The van der Waals surface area contributed by atoms with Gasteiger partial charge in [0.15, 0.2) is 5.60 Å². The van der Waals surface area contributed by atoms with Crippen LogP contribution in [-0.2, 0) is 5.60 Å². The lowest BCUT2D eigenvalue weighted by molar-refractivity contribution is -0.258. The molecule has 1 saturated heterocycles. The van der Waals surface area contributed by atoms with Gasteiger partial charge in [-0.15, -0.1) is 0 Å². The van der Waals surface area contributed by atoms with Crippen LogP contribution in [-0.4, -0.2) is 58.7 Å². The molecule has 1 N–H and O–H groups in total. The number of aliphatic hydroxyl groups is 1. The van der Waals surface area contributed by atoms with Crippen LogP contribution in [0.15, 0.2) is 24.3 Å². The maximum Gasteiger partial charge on any atom is 0.421 e. The maximum absolute atomic E-state index is 13.2. The lowest BCUT2D eigenvalue weighted by Gasteiger charge is -2.41. The van der Waals surface area contributed by atoms with E-state index in [2.05, 4.69) is 4.90 Å². The minimum Gasteiger partial charge on any atom is -0.376 e. The van der Waals surface area contributed by atoms with Crippen molar-refractivity contribution in [2.75, 3.05) is 19.6 Å². The molecule has 1 aromatic carbocycles. The molecule has 1 amide bonds. The minimum atomic E-state index is -4.77. The van der Waals surface area contributed by atoms with Gasteiger partial charge in [0, 0.05) is 37.3 Å². The molecule has 0 bridgehead atoms. The van der Waals surface area contributed by atoms with Gasteiger partial charge < -0.3 is 14.9 Å². The van der Waals surface area contributed by atoms with E-state index in [1.54, 1.807) is 0 Å². The van der Waals surface area contributed by atoms with Crippen molar-refractivity contribution in [3.05, 3.63) is 35.4 Å². The number of rotatable bonds is 6. The molecule has 0 unspecified atom stereocenters. The smallest absolute Gasteiger partial charge is 0.376 e. The second-order valence-corrected chi connectivity index (χ2v) is 9.42. The molecule has 0 radical (unpaired) electrons. The monoisotopic (exact) mass is 424 g/mol. The fourth-order valence-corrected chi connectivity index (χ4v) is 4.65. The second kappa shape index (κ2) is 8.15. The zero-order chi connectivity index (χ0) is 21.5. The van der Waals surface area contributed by atoms with Crippen LogP contribution in [0.1, 0.15) is 67.8 Å². The second-order valence-electron chi connectivity index (χ2n) is 9.42. The standard InChI is InChI=1S/C23H31F3N2O2/c1-22(30,23(24,25)26)18-7-5-17(6-8-18)21(29)28(19-9-10-19)20-11-13-27(14-12-20)15-16-3-2-4-16/h5-8,16,19-20,30H,2-4,9-15H2,1H3/t22-/m0/s1. The fourth-order valence-electron chi connectivity index (χ4n) is 4.65. The Kier molecular flexibility index (Phi) is 5.88. The molecule has 1 aliphatic heterocycles. The SMILES string of the molecule is C[C@](O)(c1ccc(C(=O)N(C2CC2)C2CCN(CC3CCC3)CC2)cc1)C(F)(F)F. The number of likely N-dealkylation sites (tertiary alicyclic amines) is 1. The van der Waals surface area contributed by atoms with E-state index in [1.165, 1.54) is 50.1 Å². The Labute approximate surface area is 176 Å². The van der Waals surface area contributed by atoms with E-state index in [9.17, 15) is 23.1 Å². The molecule has 0 spiro atoms. The molecule has 1 heterocycles. The topological polar surface area (TPSA) is 43.8 Å². The van der Waals surface area contributed by atoms with Gasteiger partial charge in [-0.05, 0) is 69.1 Å². The number of nitrogens with zero attached hydrogens (tertiary/aromatic N) is 2. The Morgan fingerprint density at radius 1 is 1.03 bits per heavy atom. The molecule has 3 aliphatic rings. The summed E-state index contributed by atoms with van der Waals surface area (Å²) in [5.74, 6) is 0.739. The molecule has 1 aromatic rings. The average molecular weight is 425 g/mol. The van der Waals surface area contributed by atoms with Gasteiger partial charge in [0.25, 0.3) is 5.91 Å². The normalized spacial score (nSPS) is 23.6. The van der Waals surface area contributed by atoms with Crippen molar-refractivity contribution in [2.45, 2.75) is 75.7 Å². The predicted molar refractivity (Wildman–Crippen MR) is 108 cm³/mol. The van der Waals surface area contributed by atoms with Crippen molar-refractivity contribution >= 4 is 5.91 Å². The summed E-state index contributed by atoms with van der Waals surface area (Å²) in [6.45, 7) is 3.92. The molecule has 2 saturated carbocycles. The van der Waals surface area contributed by atoms with E-state index in [1.807, 2.05) is 4.90 Å². The number of benzene rings is 1. The van der Waals surface area contributed by atoms with Gasteiger partial charge in [0.1, 0.15) is 0 Å². The zero-order valence-corrected chi connectivity index (χ0v) is 17.5. The van der Waals surface area contributed by atoms with E-state index < -0.39 is 11.8 Å². The third-order valence-corrected chi connectivity index (χ3v) is 7.11. The van der Waals surface area contributed by atoms with E-state index in [4.69, 9.17) is 0 Å². The molecular formula is C23H31F3N2O2. The van der Waals surface area contributed by atoms with Crippen LogP contribution >= 0.6 is 0 Å². The predicted octanol–water partition coefficient (Wildman–Crippen LogP) is 4.33. The maximum atomic E-state index is 13.2. The summed E-state index contributed by atoms with van der Waals surface area (Å²) in [7, 11) is 0. The van der Waals surface area contributed by atoms with Crippen LogP contribution in [0.4, 0.5) is 13.2 Å². The highest BCUT2D eigenvalue weighted by molar-refractivity contribution is 5.95. The van der Waals surface area contributed by atoms with Gasteiger partial charge in [-0.25, -0.2) is 0 Å². The molecule has 30 heavy (non-hydrogen) atoms. The molecule has 166 valence electrons. The summed E-state index contributed by atoms with van der Waals surface area (Å²) in [6.07, 6.45) is 3.15. The fraction of sp³-hybridized carbons (Fsp3) is 0.696. The number of hydrogen-bond donors (Lipinski definition) is 1. The zero-order valence-electron chi connectivity index (χ0n) is 17.5. The number of amides is 1. The molecule has 4 rings (SSSR count). The van der Waals surface area contributed by atoms with Crippen molar-refractivity contribution < 1.29 is 23.1 Å². The summed E-state index contributed by atoms with van der Waals surface area (Å²) < 4.78 is 39.2. The van der Waals surface area contributed by atoms with Crippen LogP contribution in [0, 0.1) is 5.92 Å². The summed E-state index contributed by atoms with van der Waals surface area (Å²) >= 11 is 0. The highest BCUT2D eigenvalue weighted by atomic mass is 19.4. The van der Waals surface area contributed by atoms with Gasteiger partial charge in [0.2, 0.25) is 0 Å². The van der Waals surface area contributed by atoms with Crippen LogP contribution in [0.3, 0.4) is 0 Å². The van der Waals surface area contributed by atoms with Gasteiger partial charge in [0.05, 0.1) is 0 Å². The first kappa shape index (κ1) is 21.6. The minimum absolute atomic E-state index is 0.104. The van der Waals surface area contributed by atoms with Crippen LogP contribution in [0.2, 0.25) is 0 Å². The Balaban J connectivity index is 1.42. The van der Waals surface area contributed by atoms with Crippen LogP contribution in [0.25, 0.3) is 0 Å². The highest BCUT2D eigenvalue weighted by Gasteiger charge is 2.51. The number of alkyl halides is 3. The molecule has 4 nitrogen and oxygen atoms in total. The Bertz CT molecular complexity index is 747. The molecular weight excluding hydrogens is 393 g/mol. The van der Waals surface area contributed by atoms with Crippen molar-refractivity contribution in [1.29, 1.82) is 0 Å². The molecule has 0 aromatic heterocycles. The van der Waals surface area contributed by atoms with Gasteiger partial charge in [-0.1, -0.05) is 18.6 Å². The first-order valence-corrected chi connectivity index (χ1v) is 11.1. The van der Waals surface area contributed by atoms with E-state index in [0.717, 1.165) is 51.6 Å². The molecule has 7 heteroatoms. The lowest BCUT2D eigenvalue weighted by Crippen LogP contribution is -2.49. The first-order chi connectivity index (χ1) is 14.2. The van der Waals surface area contributed by atoms with Crippen molar-refractivity contribution in [3.8, 4) is 0 Å². The number of carbonyl (C=O) groups is 1. The molecule has 1 atom stereocenters. The largest absolute Gasteiger partial charge is 0.421 e. The summed E-state index contributed by atoms with van der Waals surface area (Å²) in [5.41, 5.74) is -2.80. The van der Waals surface area contributed by atoms with Crippen molar-refractivity contribution in [3.63, 3.8) is 0 Å².